The summed E-state index contributed by atoms with van der Waals surface area (Å²) in [5.41, 5.74) is -0.698. The second-order valence-electron chi connectivity index (χ2n) is 9.71. The molecule has 0 amide bonds. The van der Waals surface area contributed by atoms with Crippen molar-refractivity contribution in [1.82, 2.24) is 13.7 Å². The zero-order chi connectivity index (χ0) is 31.0. The first-order valence-corrected chi connectivity index (χ1v) is 14.1. The number of methoxy groups -OCH3 is 2. The normalized spacial score (nSPS) is 11.0. The number of pyridine rings is 1. The van der Waals surface area contributed by atoms with E-state index in [1.165, 1.54) is 44.0 Å². The highest BCUT2D eigenvalue weighted by Gasteiger charge is 2.25. The highest BCUT2D eigenvalue weighted by atomic mass is 127. The van der Waals surface area contributed by atoms with Gasteiger partial charge in [0.05, 0.1) is 37.7 Å². The van der Waals surface area contributed by atoms with E-state index in [2.05, 4.69) is 5.32 Å². The Morgan fingerprint density at radius 2 is 1.70 bits per heavy atom. The molecule has 2 aromatic heterocycles. The third kappa shape index (κ3) is 5.45. The van der Waals surface area contributed by atoms with Crippen molar-refractivity contribution in [2.75, 3.05) is 19.5 Å². The number of hydrogen-bond acceptors (Lipinski definition) is 7. The molecular formula is C31H26FIN4O6. The first-order valence-electron chi connectivity index (χ1n) is 13.0. The van der Waals surface area contributed by atoms with Gasteiger partial charge in [-0.2, -0.15) is 0 Å². The molecule has 0 aliphatic rings. The monoisotopic (exact) mass is 696 g/mol. The smallest absolute Gasteiger partial charge is 0.337 e. The quantitative estimate of drug-likeness (QED) is 0.197. The van der Waals surface area contributed by atoms with Gasteiger partial charge in [0.2, 0.25) is 0 Å². The third-order valence-corrected chi connectivity index (χ3v) is 7.76. The number of hydrogen-bond donors (Lipinski definition) is 1. The zero-order valence-electron chi connectivity index (χ0n) is 23.6. The fraction of sp³-hybridized carbons (Fsp3) is 0.161. The number of rotatable bonds is 7. The van der Waals surface area contributed by atoms with E-state index in [9.17, 15) is 19.2 Å². The van der Waals surface area contributed by atoms with E-state index in [4.69, 9.17) is 9.47 Å². The molecule has 0 saturated carbocycles. The van der Waals surface area contributed by atoms with Crippen LogP contribution in [0, 0.1) is 16.3 Å². The molecule has 12 heteroatoms. The SMILES string of the molecule is COC(=O)c1cccc(Nc2c(C)c(=O)n(C)c3c2c(=O)n(Cc2ccc(OC)cc2)c(=O)n3-c2ccc(I)cc2F)c1. The number of halogens is 2. The molecule has 0 aliphatic carbocycles. The van der Waals surface area contributed by atoms with Crippen LogP contribution in [0.25, 0.3) is 16.7 Å². The maximum atomic E-state index is 15.5. The van der Waals surface area contributed by atoms with Crippen molar-refractivity contribution in [3.05, 3.63) is 124 Å². The minimum absolute atomic E-state index is 0.0193. The average Bonchev–Trinajstić information content (AvgIpc) is 3.01. The highest BCUT2D eigenvalue weighted by molar-refractivity contribution is 14.1. The van der Waals surface area contributed by atoms with Crippen LogP contribution in [0.5, 0.6) is 5.75 Å². The number of aromatic nitrogens is 3. The van der Waals surface area contributed by atoms with Crippen molar-refractivity contribution in [1.29, 1.82) is 0 Å². The molecule has 43 heavy (non-hydrogen) atoms. The number of carbonyl (C=O) groups is 1. The van der Waals surface area contributed by atoms with Crippen molar-refractivity contribution < 1.29 is 18.7 Å². The molecule has 1 N–H and O–H groups in total. The maximum absolute atomic E-state index is 15.5. The highest BCUT2D eigenvalue weighted by Crippen LogP contribution is 2.28. The van der Waals surface area contributed by atoms with Crippen molar-refractivity contribution in [3.8, 4) is 11.4 Å². The van der Waals surface area contributed by atoms with Crippen LogP contribution in [-0.2, 0) is 18.3 Å². The lowest BCUT2D eigenvalue weighted by Crippen LogP contribution is -2.42. The molecule has 0 radical (unpaired) electrons. The lowest BCUT2D eigenvalue weighted by molar-refractivity contribution is 0.0601. The predicted molar refractivity (Wildman–Crippen MR) is 170 cm³/mol. The van der Waals surface area contributed by atoms with Gasteiger partial charge in [0, 0.05) is 21.9 Å². The van der Waals surface area contributed by atoms with Crippen LogP contribution in [0.2, 0.25) is 0 Å². The molecule has 5 aromatic rings. The van der Waals surface area contributed by atoms with Crippen LogP contribution >= 0.6 is 22.6 Å². The van der Waals surface area contributed by atoms with Gasteiger partial charge in [0.15, 0.2) is 0 Å². The summed E-state index contributed by atoms with van der Waals surface area (Å²) >= 11 is 1.95. The van der Waals surface area contributed by atoms with Crippen LogP contribution in [0.1, 0.15) is 21.5 Å². The number of anilines is 2. The lowest BCUT2D eigenvalue weighted by Gasteiger charge is -2.21. The van der Waals surface area contributed by atoms with Crippen LogP contribution in [-0.4, -0.2) is 33.9 Å². The Bertz CT molecular complexity index is 2080. The van der Waals surface area contributed by atoms with Crippen molar-refractivity contribution in [3.63, 3.8) is 0 Å². The number of aryl methyl sites for hydroxylation is 1. The topological polar surface area (TPSA) is 114 Å². The third-order valence-electron chi connectivity index (χ3n) is 7.09. The minimum atomic E-state index is -0.828. The first-order chi connectivity index (χ1) is 20.5. The minimum Gasteiger partial charge on any atom is -0.497 e. The second kappa shape index (κ2) is 11.9. The molecule has 0 unspecified atom stereocenters. The van der Waals surface area contributed by atoms with Gasteiger partial charge in [-0.3, -0.25) is 18.7 Å². The number of carbonyl (C=O) groups excluding carboxylic acids is 1. The Labute approximate surface area is 258 Å². The largest absolute Gasteiger partial charge is 0.497 e. The van der Waals surface area contributed by atoms with Crippen LogP contribution in [0.4, 0.5) is 15.8 Å². The van der Waals surface area contributed by atoms with Gasteiger partial charge in [0.25, 0.3) is 11.1 Å². The summed E-state index contributed by atoms with van der Waals surface area (Å²) in [6.45, 7) is 1.41. The van der Waals surface area contributed by atoms with Crippen LogP contribution in [0.3, 0.4) is 0 Å². The van der Waals surface area contributed by atoms with Crippen LogP contribution < -0.4 is 26.9 Å². The molecule has 2 heterocycles. The van der Waals surface area contributed by atoms with E-state index in [-0.39, 0.29) is 40.1 Å². The summed E-state index contributed by atoms with van der Waals surface area (Å²) < 4.78 is 29.3. The molecule has 3 aromatic carbocycles. The lowest BCUT2D eigenvalue weighted by atomic mass is 10.1. The van der Waals surface area contributed by atoms with Gasteiger partial charge in [-0.15, -0.1) is 0 Å². The number of ether oxygens (including phenoxy) is 2. The predicted octanol–water partition coefficient (Wildman–Crippen LogP) is 4.49. The number of nitrogens with one attached hydrogen (secondary N) is 1. The average molecular weight is 696 g/mol. The van der Waals surface area contributed by atoms with E-state index < -0.39 is 28.6 Å². The van der Waals surface area contributed by atoms with Gasteiger partial charge in [0.1, 0.15) is 22.6 Å². The van der Waals surface area contributed by atoms with Crippen molar-refractivity contribution in [2.24, 2.45) is 7.05 Å². The molecule has 0 atom stereocenters. The second-order valence-corrected chi connectivity index (χ2v) is 11.0. The summed E-state index contributed by atoms with van der Waals surface area (Å²) in [7, 11) is 4.21. The van der Waals surface area contributed by atoms with Gasteiger partial charge < -0.3 is 14.8 Å². The fourth-order valence-corrected chi connectivity index (χ4v) is 5.35. The summed E-state index contributed by atoms with van der Waals surface area (Å²) in [5.74, 6) is -0.684. The van der Waals surface area contributed by atoms with Gasteiger partial charge in [-0.05, 0) is 83.6 Å². The standard InChI is InChI=1S/C31H26FIN4O6/c1-17-26(34-21-7-5-6-19(14-21)30(40)43-4)25-27(35(2)28(17)38)37(24-13-10-20(33)15-23(24)32)31(41)36(29(25)39)16-18-8-11-22(42-3)12-9-18/h5-15,34H,16H2,1-4H3. The Balaban J connectivity index is 1.88. The van der Waals surface area contributed by atoms with E-state index in [0.717, 1.165) is 9.13 Å². The van der Waals surface area contributed by atoms with E-state index in [1.54, 1.807) is 55.5 Å². The number of esters is 1. The van der Waals surface area contributed by atoms with Crippen molar-refractivity contribution >= 4 is 51.0 Å². The maximum Gasteiger partial charge on any atom is 0.337 e. The Kier molecular flexibility index (Phi) is 8.22. The Morgan fingerprint density at radius 1 is 0.977 bits per heavy atom. The summed E-state index contributed by atoms with van der Waals surface area (Å²) in [6.07, 6.45) is 0. The molecule has 220 valence electrons. The van der Waals surface area contributed by atoms with E-state index in [0.29, 0.717) is 20.6 Å². The number of benzene rings is 3. The zero-order valence-corrected chi connectivity index (χ0v) is 25.8. The Hall–Kier alpha value is -4.72. The summed E-state index contributed by atoms with van der Waals surface area (Å²) in [6, 6.07) is 17.5. The molecule has 0 bridgehead atoms. The summed E-state index contributed by atoms with van der Waals surface area (Å²) in [4.78, 5) is 54.0. The number of nitrogens with zero attached hydrogens (tertiary/aromatic N) is 3. The Morgan fingerprint density at radius 3 is 2.35 bits per heavy atom. The van der Waals surface area contributed by atoms with Gasteiger partial charge in [-0.1, -0.05) is 18.2 Å². The fourth-order valence-electron chi connectivity index (χ4n) is 4.89. The molecule has 5 rings (SSSR count). The first kappa shape index (κ1) is 29.8. The van der Waals surface area contributed by atoms with Gasteiger partial charge in [-0.25, -0.2) is 18.5 Å². The summed E-state index contributed by atoms with van der Waals surface area (Å²) in [5, 5.41) is 3.09. The molecule has 10 nitrogen and oxygen atoms in total. The number of fused-ring (bicyclic) bond motifs is 1. The van der Waals surface area contributed by atoms with Gasteiger partial charge >= 0.3 is 11.7 Å². The molecular weight excluding hydrogens is 670 g/mol. The molecule has 0 spiro atoms. The molecule has 0 fully saturated rings. The van der Waals surface area contributed by atoms with E-state index >= 15 is 4.39 Å². The molecule has 0 aliphatic heterocycles. The van der Waals surface area contributed by atoms with Crippen molar-refractivity contribution in [2.45, 2.75) is 13.5 Å². The van der Waals surface area contributed by atoms with Crippen LogP contribution in [0.15, 0.2) is 81.1 Å². The molecule has 0 saturated heterocycles. The van der Waals surface area contributed by atoms with E-state index in [1.807, 2.05) is 22.6 Å².